The normalized spacial score (nSPS) is 10.6. The van der Waals surface area contributed by atoms with E-state index in [0.29, 0.717) is 18.2 Å². The van der Waals surface area contributed by atoms with E-state index in [1.165, 1.54) is 0 Å². The summed E-state index contributed by atoms with van der Waals surface area (Å²) in [5.74, 6) is 0. The van der Waals surface area contributed by atoms with E-state index < -0.39 is 0 Å². The van der Waals surface area contributed by atoms with Crippen LogP contribution in [0.1, 0.15) is 5.56 Å². The van der Waals surface area contributed by atoms with Crippen LogP contribution in [0.25, 0.3) is 0 Å². The number of nitrogens with zero attached hydrogens (tertiary/aromatic N) is 3. The summed E-state index contributed by atoms with van der Waals surface area (Å²) in [7, 11) is 0. The first kappa shape index (κ1) is 13.3. The smallest absolute Gasteiger partial charge is 0.152 e. The molecule has 96 valence electrons. The molecule has 2 N–H and O–H groups in total. The van der Waals surface area contributed by atoms with E-state index in [1.54, 1.807) is 17.1 Å². The molecule has 0 spiro atoms. The van der Waals surface area contributed by atoms with Crippen molar-refractivity contribution < 1.29 is 5.11 Å². The molecule has 2 rings (SSSR count). The lowest BCUT2D eigenvalue weighted by Crippen LogP contribution is -2.02. The van der Waals surface area contributed by atoms with Gasteiger partial charge < -0.3 is 10.4 Å². The van der Waals surface area contributed by atoms with Gasteiger partial charge in [-0.1, -0.05) is 11.6 Å². The average molecular weight is 332 g/mol. The fraction of sp³-hybridized carbons (Fsp3) is 0.273. The van der Waals surface area contributed by atoms with Gasteiger partial charge in [0.1, 0.15) is 0 Å². The SMILES string of the molecule is OCCn1cc(CNc2cc(Br)cnc2Cl)cn1. The van der Waals surface area contributed by atoms with Gasteiger partial charge >= 0.3 is 0 Å². The molecule has 0 aliphatic rings. The van der Waals surface area contributed by atoms with E-state index in [4.69, 9.17) is 16.7 Å². The van der Waals surface area contributed by atoms with Crippen molar-refractivity contribution in [2.45, 2.75) is 13.1 Å². The maximum absolute atomic E-state index is 8.80. The fourth-order valence-electron chi connectivity index (χ4n) is 1.47. The lowest BCUT2D eigenvalue weighted by atomic mass is 10.3. The summed E-state index contributed by atoms with van der Waals surface area (Å²) in [5, 5.41) is 16.5. The van der Waals surface area contributed by atoms with Crippen LogP contribution in [0.5, 0.6) is 0 Å². The summed E-state index contributed by atoms with van der Waals surface area (Å²) in [4.78, 5) is 4.03. The van der Waals surface area contributed by atoms with Crippen molar-refractivity contribution in [3.05, 3.63) is 39.8 Å². The Morgan fingerprint density at radius 3 is 3.06 bits per heavy atom. The third-order valence-electron chi connectivity index (χ3n) is 2.30. The topological polar surface area (TPSA) is 63.0 Å². The summed E-state index contributed by atoms with van der Waals surface area (Å²) in [6.45, 7) is 1.18. The Morgan fingerprint density at radius 1 is 1.44 bits per heavy atom. The molecular weight excluding hydrogens is 320 g/mol. The van der Waals surface area contributed by atoms with Gasteiger partial charge in [-0.25, -0.2) is 4.98 Å². The predicted octanol–water partition coefficient (Wildman–Crippen LogP) is 2.30. The first-order valence-electron chi connectivity index (χ1n) is 5.36. The highest BCUT2D eigenvalue weighted by molar-refractivity contribution is 9.10. The first-order valence-corrected chi connectivity index (χ1v) is 6.53. The van der Waals surface area contributed by atoms with Crippen molar-refractivity contribution in [3.8, 4) is 0 Å². The van der Waals surface area contributed by atoms with Crippen LogP contribution in [0.3, 0.4) is 0 Å². The molecule has 0 unspecified atom stereocenters. The highest BCUT2D eigenvalue weighted by Crippen LogP contribution is 2.23. The van der Waals surface area contributed by atoms with E-state index in [0.717, 1.165) is 15.7 Å². The standard InChI is InChI=1S/C11H12BrClN4O/c12-9-3-10(11(13)15-6-9)14-4-8-5-16-17(7-8)1-2-18/h3,5-7,14,18H,1-2,4H2. The van der Waals surface area contributed by atoms with Gasteiger partial charge in [0.2, 0.25) is 0 Å². The van der Waals surface area contributed by atoms with E-state index in [9.17, 15) is 0 Å². The van der Waals surface area contributed by atoms with Crippen molar-refractivity contribution in [2.24, 2.45) is 0 Å². The zero-order chi connectivity index (χ0) is 13.0. The van der Waals surface area contributed by atoms with Gasteiger partial charge in [0, 0.05) is 29.0 Å². The second-order valence-electron chi connectivity index (χ2n) is 3.68. The van der Waals surface area contributed by atoms with Crippen LogP contribution in [0.4, 0.5) is 5.69 Å². The minimum atomic E-state index is 0.0793. The van der Waals surface area contributed by atoms with Crippen molar-refractivity contribution in [2.75, 3.05) is 11.9 Å². The van der Waals surface area contributed by atoms with Gasteiger partial charge in [-0.05, 0) is 22.0 Å². The Morgan fingerprint density at radius 2 is 2.28 bits per heavy atom. The van der Waals surface area contributed by atoms with Crippen molar-refractivity contribution in [1.29, 1.82) is 0 Å². The first-order chi connectivity index (χ1) is 8.69. The highest BCUT2D eigenvalue weighted by atomic mass is 79.9. The van der Waals surface area contributed by atoms with Crippen molar-refractivity contribution in [3.63, 3.8) is 0 Å². The molecule has 0 saturated carbocycles. The number of rotatable bonds is 5. The monoisotopic (exact) mass is 330 g/mol. The lowest BCUT2D eigenvalue weighted by Gasteiger charge is -2.06. The molecule has 2 aromatic rings. The van der Waals surface area contributed by atoms with Gasteiger partial charge in [0.25, 0.3) is 0 Å². The number of hydrogen-bond acceptors (Lipinski definition) is 4. The van der Waals surface area contributed by atoms with Crippen molar-refractivity contribution in [1.82, 2.24) is 14.8 Å². The number of anilines is 1. The van der Waals surface area contributed by atoms with Gasteiger partial charge in [0.05, 0.1) is 25.0 Å². The molecule has 0 saturated heterocycles. The van der Waals surface area contributed by atoms with Crippen molar-refractivity contribution >= 4 is 33.2 Å². The molecular formula is C11H12BrClN4O. The Kier molecular flexibility index (Phi) is 4.57. The molecule has 2 aromatic heterocycles. The van der Waals surface area contributed by atoms with Crippen LogP contribution in [-0.2, 0) is 13.1 Å². The molecule has 0 atom stereocenters. The second kappa shape index (κ2) is 6.17. The molecule has 0 fully saturated rings. The van der Waals surface area contributed by atoms with E-state index in [2.05, 4.69) is 31.3 Å². The number of nitrogens with one attached hydrogen (secondary N) is 1. The lowest BCUT2D eigenvalue weighted by molar-refractivity contribution is 0.269. The molecule has 5 nitrogen and oxygen atoms in total. The molecule has 0 aliphatic carbocycles. The van der Waals surface area contributed by atoms with E-state index in [1.807, 2.05) is 12.3 Å². The molecule has 18 heavy (non-hydrogen) atoms. The van der Waals surface area contributed by atoms with Crippen LogP contribution in [0, 0.1) is 0 Å². The zero-order valence-electron chi connectivity index (χ0n) is 9.48. The third-order valence-corrected chi connectivity index (χ3v) is 3.04. The van der Waals surface area contributed by atoms with Gasteiger partial charge in [-0.3, -0.25) is 4.68 Å². The highest BCUT2D eigenvalue weighted by Gasteiger charge is 2.03. The van der Waals surface area contributed by atoms with Crippen LogP contribution in [0.15, 0.2) is 29.1 Å². The molecule has 0 bridgehead atoms. The third kappa shape index (κ3) is 3.44. The fourth-order valence-corrected chi connectivity index (χ4v) is 1.97. The number of aliphatic hydroxyl groups excluding tert-OH is 1. The largest absolute Gasteiger partial charge is 0.394 e. The molecule has 0 radical (unpaired) electrons. The number of halogens is 2. The van der Waals surface area contributed by atoms with Gasteiger partial charge in [-0.15, -0.1) is 0 Å². The van der Waals surface area contributed by atoms with Gasteiger partial charge in [-0.2, -0.15) is 5.10 Å². The average Bonchev–Trinajstić information content (AvgIpc) is 2.79. The van der Waals surface area contributed by atoms with Crippen LogP contribution < -0.4 is 5.32 Å². The number of aliphatic hydroxyl groups is 1. The minimum absolute atomic E-state index is 0.0793. The van der Waals surface area contributed by atoms with E-state index in [-0.39, 0.29) is 6.61 Å². The maximum atomic E-state index is 8.80. The van der Waals surface area contributed by atoms with Crippen LogP contribution in [-0.4, -0.2) is 26.5 Å². The quantitative estimate of drug-likeness (QED) is 0.825. The summed E-state index contributed by atoms with van der Waals surface area (Å²) in [5.41, 5.74) is 1.78. The molecule has 2 heterocycles. The number of pyridine rings is 1. The molecule has 7 heteroatoms. The summed E-state index contributed by atoms with van der Waals surface area (Å²) >= 11 is 9.31. The van der Waals surface area contributed by atoms with Gasteiger partial charge in [0.15, 0.2) is 5.15 Å². The van der Waals surface area contributed by atoms with Crippen LogP contribution >= 0.6 is 27.5 Å². The number of hydrogen-bond donors (Lipinski definition) is 2. The Balaban J connectivity index is 1.99. The second-order valence-corrected chi connectivity index (χ2v) is 4.95. The summed E-state index contributed by atoms with van der Waals surface area (Å²) < 4.78 is 2.56. The maximum Gasteiger partial charge on any atom is 0.152 e. The zero-order valence-corrected chi connectivity index (χ0v) is 11.8. The molecule has 0 aromatic carbocycles. The predicted molar refractivity (Wildman–Crippen MR) is 73.6 cm³/mol. The van der Waals surface area contributed by atoms with Crippen LogP contribution in [0.2, 0.25) is 5.15 Å². The Hall–Kier alpha value is -1.11. The summed E-state index contributed by atoms with van der Waals surface area (Å²) in [6.07, 6.45) is 5.28. The van der Waals surface area contributed by atoms with E-state index >= 15 is 0 Å². The number of aromatic nitrogens is 3. The minimum Gasteiger partial charge on any atom is -0.394 e. The molecule has 0 aliphatic heterocycles. The Bertz CT molecular complexity index is 532. The Labute approximate surface area is 118 Å². The summed E-state index contributed by atoms with van der Waals surface area (Å²) in [6, 6.07) is 1.87. The molecule has 0 amide bonds.